The molecule has 1 aliphatic heterocycles. The lowest BCUT2D eigenvalue weighted by atomic mass is 10.1. The molecule has 2 amide bonds. The lowest BCUT2D eigenvalue weighted by Crippen LogP contribution is -2.14. The second-order valence-corrected chi connectivity index (χ2v) is 8.08. The van der Waals surface area contributed by atoms with Gasteiger partial charge in [0.05, 0.1) is 11.3 Å². The highest BCUT2D eigenvalue weighted by Gasteiger charge is 2.19. The van der Waals surface area contributed by atoms with Gasteiger partial charge in [-0.1, -0.05) is 6.07 Å². The molecule has 0 atom stereocenters. The minimum atomic E-state index is -3.79. The molecular formula is C20H16N4O4S. The van der Waals surface area contributed by atoms with Crippen LogP contribution < -0.4 is 15.4 Å². The van der Waals surface area contributed by atoms with Crippen LogP contribution in [-0.2, 0) is 21.2 Å². The quantitative estimate of drug-likeness (QED) is 0.600. The number of pyridine rings is 1. The zero-order chi connectivity index (χ0) is 20.4. The van der Waals surface area contributed by atoms with Gasteiger partial charge in [-0.25, -0.2) is 13.4 Å². The maximum absolute atomic E-state index is 12.5. The van der Waals surface area contributed by atoms with E-state index in [4.69, 9.17) is 0 Å². The first-order chi connectivity index (χ1) is 13.9. The molecular weight excluding hydrogens is 392 g/mol. The van der Waals surface area contributed by atoms with Crippen LogP contribution in [0.15, 0.2) is 71.8 Å². The summed E-state index contributed by atoms with van der Waals surface area (Å²) in [5.41, 5.74) is 2.33. The molecule has 0 saturated heterocycles. The number of amides is 2. The smallest absolute Gasteiger partial charge is 0.263 e. The van der Waals surface area contributed by atoms with Gasteiger partial charge in [-0.2, -0.15) is 0 Å². The highest BCUT2D eigenvalue weighted by Crippen LogP contribution is 2.24. The molecule has 0 aliphatic carbocycles. The SMILES string of the molecule is O=C1Cc2cc(C(=O)Nc3ccc(S(=O)(=O)Nc4ccccn4)cc3)ccc2N1. The maximum Gasteiger partial charge on any atom is 0.263 e. The number of hydrogen-bond acceptors (Lipinski definition) is 5. The Labute approximate surface area is 167 Å². The molecule has 0 radical (unpaired) electrons. The van der Waals surface area contributed by atoms with Gasteiger partial charge >= 0.3 is 0 Å². The highest BCUT2D eigenvalue weighted by atomic mass is 32.2. The molecule has 29 heavy (non-hydrogen) atoms. The molecule has 1 aliphatic rings. The summed E-state index contributed by atoms with van der Waals surface area (Å²) in [6.07, 6.45) is 1.73. The molecule has 1 aromatic heterocycles. The second kappa shape index (κ2) is 7.36. The van der Waals surface area contributed by atoms with E-state index in [0.29, 0.717) is 16.9 Å². The third kappa shape index (κ3) is 4.09. The largest absolute Gasteiger partial charge is 0.326 e. The molecule has 2 heterocycles. The number of carbonyl (C=O) groups is 2. The Hall–Kier alpha value is -3.72. The van der Waals surface area contributed by atoms with Gasteiger partial charge in [-0.05, 0) is 60.2 Å². The fraction of sp³-hybridized carbons (Fsp3) is 0.0500. The summed E-state index contributed by atoms with van der Waals surface area (Å²) < 4.78 is 27.2. The topological polar surface area (TPSA) is 117 Å². The highest BCUT2D eigenvalue weighted by molar-refractivity contribution is 7.92. The summed E-state index contributed by atoms with van der Waals surface area (Å²) in [4.78, 5) is 27.9. The molecule has 8 nitrogen and oxygen atoms in total. The summed E-state index contributed by atoms with van der Waals surface area (Å²) >= 11 is 0. The molecule has 0 fully saturated rings. The van der Waals surface area contributed by atoms with Crippen LogP contribution >= 0.6 is 0 Å². The Balaban J connectivity index is 1.46. The van der Waals surface area contributed by atoms with Crippen LogP contribution in [0, 0.1) is 0 Å². The number of carbonyl (C=O) groups excluding carboxylic acids is 2. The predicted octanol–water partition coefficient (Wildman–Crippen LogP) is 2.63. The van der Waals surface area contributed by atoms with Crippen molar-refractivity contribution in [3.8, 4) is 0 Å². The number of sulfonamides is 1. The van der Waals surface area contributed by atoms with Gasteiger partial charge in [0, 0.05) is 23.1 Å². The average Bonchev–Trinajstić information content (AvgIpc) is 3.08. The van der Waals surface area contributed by atoms with Crippen molar-refractivity contribution in [1.82, 2.24) is 4.98 Å². The molecule has 3 N–H and O–H groups in total. The van der Waals surface area contributed by atoms with E-state index >= 15 is 0 Å². The molecule has 4 rings (SSSR count). The Morgan fingerprint density at radius 3 is 2.55 bits per heavy atom. The van der Waals surface area contributed by atoms with Crippen molar-refractivity contribution in [3.05, 3.63) is 78.0 Å². The van der Waals surface area contributed by atoms with Crippen LogP contribution in [0.3, 0.4) is 0 Å². The fourth-order valence-corrected chi connectivity index (χ4v) is 3.92. The number of nitrogens with zero attached hydrogens (tertiary/aromatic N) is 1. The van der Waals surface area contributed by atoms with Gasteiger partial charge in [-0.3, -0.25) is 14.3 Å². The van der Waals surface area contributed by atoms with Gasteiger partial charge in [0.25, 0.3) is 15.9 Å². The minimum absolute atomic E-state index is 0.0447. The van der Waals surface area contributed by atoms with E-state index in [2.05, 4.69) is 20.3 Å². The van der Waals surface area contributed by atoms with Gasteiger partial charge in [0.1, 0.15) is 5.82 Å². The first kappa shape index (κ1) is 18.6. The first-order valence-electron chi connectivity index (χ1n) is 8.69. The van der Waals surface area contributed by atoms with Crippen LogP contribution in [0.4, 0.5) is 17.2 Å². The number of hydrogen-bond donors (Lipinski definition) is 3. The molecule has 146 valence electrons. The summed E-state index contributed by atoms with van der Waals surface area (Å²) in [5, 5.41) is 5.43. The molecule has 0 spiro atoms. The molecule has 0 saturated carbocycles. The fourth-order valence-electron chi connectivity index (χ4n) is 2.91. The average molecular weight is 408 g/mol. The molecule has 9 heteroatoms. The van der Waals surface area contributed by atoms with Crippen molar-refractivity contribution in [1.29, 1.82) is 0 Å². The van der Waals surface area contributed by atoms with E-state index in [0.717, 1.165) is 5.56 Å². The summed E-state index contributed by atoms with van der Waals surface area (Å²) in [6, 6.07) is 15.7. The lowest BCUT2D eigenvalue weighted by molar-refractivity contribution is -0.115. The number of fused-ring (bicyclic) bond motifs is 1. The molecule has 0 bridgehead atoms. The van der Waals surface area contributed by atoms with E-state index in [1.807, 2.05) is 0 Å². The minimum Gasteiger partial charge on any atom is -0.326 e. The van der Waals surface area contributed by atoms with Crippen LogP contribution in [0.1, 0.15) is 15.9 Å². The van der Waals surface area contributed by atoms with E-state index in [1.54, 1.807) is 36.4 Å². The summed E-state index contributed by atoms with van der Waals surface area (Å²) in [6.45, 7) is 0. The Bertz CT molecular complexity index is 1190. The third-order valence-corrected chi connectivity index (χ3v) is 5.69. The Kier molecular flexibility index (Phi) is 4.73. The third-order valence-electron chi connectivity index (χ3n) is 4.32. The Morgan fingerprint density at radius 2 is 1.83 bits per heavy atom. The number of rotatable bonds is 5. The number of anilines is 3. The monoisotopic (exact) mass is 408 g/mol. The van der Waals surface area contributed by atoms with E-state index in [9.17, 15) is 18.0 Å². The normalized spacial score (nSPS) is 12.8. The van der Waals surface area contributed by atoms with Crippen LogP contribution in [0.5, 0.6) is 0 Å². The summed E-state index contributed by atoms with van der Waals surface area (Å²) in [5.74, 6) is -0.238. The standard InChI is InChI=1S/C20H16N4O4S/c25-19-12-14-11-13(4-9-17(14)23-19)20(26)22-15-5-7-16(8-6-15)29(27,28)24-18-3-1-2-10-21-18/h1-11H,12H2,(H,21,24)(H,22,26)(H,23,25). The van der Waals surface area contributed by atoms with Crippen molar-refractivity contribution in [3.63, 3.8) is 0 Å². The van der Waals surface area contributed by atoms with Crippen LogP contribution in [-0.4, -0.2) is 25.2 Å². The number of nitrogens with one attached hydrogen (secondary N) is 3. The van der Waals surface area contributed by atoms with Gasteiger partial charge in [-0.15, -0.1) is 0 Å². The molecule has 2 aromatic carbocycles. The van der Waals surface area contributed by atoms with Crippen molar-refractivity contribution < 1.29 is 18.0 Å². The zero-order valence-electron chi connectivity index (χ0n) is 15.0. The van der Waals surface area contributed by atoms with Gasteiger partial charge in [0.2, 0.25) is 5.91 Å². The van der Waals surface area contributed by atoms with E-state index < -0.39 is 10.0 Å². The predicted molar refractivity (Wildman–Crippen MR) is 108 cm³/mol. The van der Waals surface area contributed by atoms with Crippen molar-refractivity contribution >= 4 is 39.0 Å². The molecule has 0 unspecified atom stereocenters. The summed E-state index contributed by atoms with van der Waals surface area (Å²) in [7, 11) is -3.79. The maximum atomic E-state index is 12.5. The van der Waals surface area contributed by atoms with E-state index in [-0.39, 0.29) is 28.9 Å². The second-order valence-electron chi connectivity index (χ2n) is 6.40. The van der Waals surface area contributed by atoms with Crippen molar-refractivity contribution in [2.24, 2.45) is 0 Å². The first-order valence-corrected chi connectivity index (χ1v) is 10.2. The number of aromatic nitrogens is 1. The van der Waals surface area contributed by atoms with Crippen molar-refractivity contribution in [2.75, 3.05) is 15.4 Å². The van der Waals surface area contributed by atoms with Gasteiger partial charge < -0.3 is 10.6 Å². The number of benzene rings is 2. The molecule has 3 aromatic rings. The van der Waals surface area contributed by atoms with Gasteiger partial charge in [0.15, 0.2) is 0 Å². The van der Waals surface area contributed by atoms with Crippen molar-refractivity contribution in [2.45, 2.75) is 11.3 Å². The lowest BCUT2D eigenvalue weighted by Gasteiger charge is -2.09. The zero-order valence-corrected chi connectivity index (χ0v) is 15.9. The van der Waals surface area contributed by atoms with Crippen LogP contribution in [0.2, 0.25) is 0 Å². The van der Waals surface area contributed by atoms with E-state index in [1.165, 1.54) is 30.5 Å². The van der Waals surface area contributed by atoms with Crippen LogP contribution in [0.25, 0.3) is 0 Å². The Morgan fingerprint density at radius 1 is 1.03 bits per heavy atom.